The highest BCUT2D eigenvalue weighted by Crippen LogP contribution is 2.26. The van der Waals surface area contributed by atoms with Crippen LogP contribution in [0.25, 0.3) is 0 Å². The first-order chi connectivity index (χ1) is 10.4. The molecule has 0 bridgehead atoms. The number of para-hydroxylation sites is 3. The topological polar surface area (TPSA) is 93.2 Å². The fraction of sp³-hybridized carbons (Fsp3) is 0.118. The second-order valence-electron chi connectivity index (χ2n) is 4.44. The minimum atomic E-state index is -0.475. The molecule has 0 saturated carbocycles. The van der Waals surface area contributed by atoms with Crippen LogP contribution >= 0.6 is 0 Å². The molecule has 0 atom stereocenters. The SMILES string of the molecule is CC(=O)C(=N)C(C)=O.Nc1ccccc1Oc1ccccc1. The lowest BCUT2D eigenvalue weighted by Gasteiger charge is -2.07. The Morgan fingerprint density at radius 2 is 1.41 bits per heavy atom. The Morgan fingerprint density at radius 3 is 1.86 bits per heavy atom. The van der Waals surface area contributed by atoms with E-state index in [0.29, 0.717) is 11.4 Å². The molecular weight excluding hydrogens is 280 g/mol. The lowest BCUT2D eigenvalue weighted by Crippen LogP contribution is -2.16. The summed E-state index contributed by atoms with van der Waals surface area (Å²) in [6.45, 7) is 2.40. The molecule has 0 heterocycles. The molecule has 0 aromatic heterocycles. The predicted molar refractivity (Wildman–Crippen MR) is 86.5 cm³/mol. The van der Waals surface area contributed by atoms with E-state index in [2.05, 4.69) is 0 Å². The lowest BCUT2D eigenvalue weighted by atomic mass is 10.2. The fourth-order valence-electron chi connectivity index (χ4n) is 1.44. The molecule has 114 valence electrons. The van der Waals surface area contributed by atoms with Crippen LogP contribution in [-0.4, -0.2) is 17.3 Å². The van der Waals surface area contributed by atoms with Gasteiger partial charge in [-0.3, -0.25) is 15.0 Å². The zero-order valence-electron chi connectivity index (χ0n) is 12.5. The van der Waals surface area contributed by atoms with Crippen LogP contribution < -0.4 is 10.5 Å². The van der Waals surface area contributed by atoms with E-state index in [1.165, 1.54) is 13.8 Å². The van der Waals surface area contributed by atoms with Gasteiger partial charge < -0.3 is 10.5 Å². The summed E-state index contributed by atoms with van der Waals surface area (Å²) in [4.78, 5) is 20.3. The molecular formula is C17H18N2O3. The number of rotatable bonds is 4. The smallest absolute Gasteiger partial charge is 0.181 e. The molecule has 5 nitrogen and oxygen atoms in total. The van der Waals surface area contributed by atoms with Crippen molar-refractivity contribution in [3.8, 4) is 11.5 Å². The summed E-state index contributed by atoms with van der Waals surface area (Å²) in [5, 5.41) is 6.70. The van der Waals surface area contributed by atoms with E-state index in [9.17, 15) is 9.59 Å². The molecule has 0 aliphatic carbocycles. The number of benzene rings is 2. The van der Waals surface area contributed by atoms with Gasteiger partial charge in [0.1, 0.15) is 17.2 Å². The van der Waals surface area contributed by atoms with Gasteiger partial charge in [-0.2, -0.15) is 0 Å². The maximum atomic E-state index is 10.1. The van der Waals surface area contributed by atoms with Crippen molar-refractivity contribution >= 4 is 23.0 Å². The highest BCUT2D eigenvalue weighted by Gasteiger charge is 2.06. The van der Waals surface area contributed by atoms with Gasteiger partial charge in [-0.15, -0.1) is 0 Å². The van der Waals surface area contributed by atoms with Gasteiger partial charge in [-0.1, -0.05) is 30.3 Å². The van der Waals surface area contributed by atoms with E-state index < -0.39 is 17.3 Å². The van der Waals surface area contributed by atoms with Crippen LogP contribution in [0.4, 0.5) is 5.69 Å². The van der Waals surface area contributed by atoms with E-state index in [-0.39, 0.29) is 0 Å². The minimum absolute atomic E-state index is 0.426. The first-order valence-electron chi connectivity index (χ1n) is 6.59. The number of nitrogen functional groups attached to an aromatic ring is 1. The third-order valence-electron chi connectivity index (χ3n) is 2.59. The second-order valence-corrected chi connectivity index (χ2v) is 4.44. The number of ether oxygens (including phenoxy) is 1. The fourth-order valence-corrected chi connectivity index (χ4v) is 1.44. The highest BCUT2D eigenvalue weighted by molar-refractivity contribution is 6.64. The van der Waals surface area contributed by atoms with Gasteiger partial charge in [0.2, 0.25) is 0 Å². The van der Waals surface area contributed by atoms with Crippen molar-refractivity contribution in [2.24, 2.45) is 0 Å². The molecule has 2 aromatic rings. The van der Waals surface area contributed by atoms with E-state index in [1.807, 2.05) is 54.6 Å². The molecule has 2 rings (SSSR count). The van der Waals surface area contributed by atoms with Gasteiger partial charge in [-0.05, 0) is 24.3 Å². The Hall–Kier alpha value is -2.95. The van der Waals surface area contributed by atoms with Gasteiger partial charge >= 0.3 is 0 Å². The summed E-state index contributed by atoms with van der Waals surface area (Å²) < 4.78 is 5.58. The normalized spacial score (nSPS) is 9.18. The number of Topliss-reactive ketones (excluding diaryl/α,β-unsaturated/α-hetero) is 2. The number of nitrogens with one attached hydrogen (secondary N) is 1. The molecule has 0 radical (unpaired) electrons. The highest BCUT2D eigenvalue weighted by atomic mass is 16.5. The van der Waals surface area contributed by atoms with Crippen LogP contribution in [0.15, 0.2) is 54.6 Å². The summed E-state index contributed by atoms with van der Waals surface area (Å²) in [5.74, 6) is 0.541. The summed E-state index contributed by atoms with van der Waals surface area (Å²) in [6.07, 6.45) is 0. The standard InChI is InChI=1S/C12H11NO.C5H7NO2/c13-11-8-4-5-9-12(11)14-10-6-2-1-3-7-10;1-3(7)5(6)4(2)8/h1-9H,13H2;6H,1-2H3. The molecule has 0 spiro atoms. The van der Waals surface area contributed by atoms with Crippen molar-refractivity contribution in [3.05, 3.63) is 54.6 Å². The average molecular weight is 298 g/mol. The van der Waals surface area contributed by atoms with E-state index in [1.54, 1.807) is 0 Å². The van der Waals surface area contributed by atoms with E-state index in [4.69, 9.17) is 15.9 Å². The van der Waals surface area contributed by atoms with Crippen molar-refractivity contribution in [2.75, 3.05) is 5.73 Å². The van der Waals surface area contributed by atoms with Crippen LogP contribution in [0, 0.1) is 5.41 Å². The molecule has 3 N–H and O–H groups in total. The Kier molecular flexibility index (Phi) is 6.50. The third-order valence-corrected chi connectivity index (χ3v) is 2.59. The summed E-state index contributed by atoms with van der Waals surface area (Å²) >= 11 is 0. The molecule has 0 fully saturated rings. The van der Waals surface area contributed by atoms with Crippen LogP contribution in [-0.2, 0) is 9.59 Å². The quantitative estimate of drug-likeness (QED) is 0.514. The van der Waals surface area contributed by atoms with Crippen LogP contribution in [0.3, 0.4) is 0 Å². The monoisotopic (exact) mass is 298 g/mol. The zero-order valence-corrected chi connectivity index (χ0v) is 12.5. The first-order valence-corrected chi connectivity index (χ1v) is 6.59. The number of nitrogens with two attached hydrogens (primary N) is 1. The summed E-state index contributed by atoms with van der Waals surface area (Å²) in [5.41, 5.74) is 5.97. The zero-order chi connectivity index (χ0) is 16.5. The number of hydrogen-bond acceptors (Lipinski definition) is 5. The van der Waals surface area contributed by atoms with Crippen LogP contribution in [0.2, 0.25) is 0 Å². The maximum absolute atomic E-state index is 10.1. The number of carbonyl (C=O) groups excluding carboxylic acids is 2. The molecule has 0 saturated heterocycles. The van der Waals surface area contributed by atoms with Gasteiger partial charge in [0.25, 0.3) is 0 Å². The van der Waals surface area contributed by atoms with Crippen LogP contribution in [0.5, 0.6) is 11.5 Å². The number of anilines is 1. The molecule has 0 amide bonds. The number of hydrogen-bond donors (Lipinski definition) is 2. The molecule has 0 aliphatic rings. The predicted octanol–water partition coefficient (Wildman–Crippen LogP) is 3.25. The molecule has 0 aliphatic heterocycles. The Morgan fingerprint density at radius 1 is 0.909 bits per heavy atom. The van der Waals surface area contributed by atoms with Crippen molar-refractivity contribution in [1.82, 2.24) is 0 Å². The van der Waals surface area contributed by atoms with Gasteiger partial charge in [-0.25, -0.2) is 0 Å². The molecule has 22 heavy (non-hydrogen) atoms. The van der Waals surface area contributed by atoms with Crippen molar-refractivity contribution in [1.29, 1.82) is 5.41 Å². The first kappa shape index (κ1) is 17.1. The third kappa shape index (κ3) is 5.58. The van der Waals surface area contributed by atoms with E-state index in [0.717, 1.165) is 5.75 Å². The average Bonchev–Trinajstić information content (AvgIpc) is 2.50. The van der Waals surface area contributed by atoms with Crippen molar-refractivity contribution in [2.45, 2.75) is 13.8 Å². The van der Waals surface area contributed by atoms with Gasteiger partial charge in [0.15, 0.2) is 11.6 Å². The minimum Gasteiger partial charge on any atom is -0.455 e. The molecule has 2 aromatic carbocycles. The van der Waals surface area contributed by atoms with Crippen molar-refractivity contribution in [3.63, 3.8) is 0 Å². The molecule has 0 unspecified atom stereocenters. The van der Waals surface area contributed by atoms with E-state index >= 15 is 0 Å². The Bertz CT molecular complexity index is 651. The summed E-state index contributed by atoms with van der Waals surface area (Å²) in [7, 11) is 0. The molecule has 5 heteroatoms. The lowest BCUT2D eigenvalue weighted by molar-refractivity contribution is -0.115. The summed E-state index contributed by atoms with van der Waals surface area (Å²) in [6, 6.07) is 17.0. The van der Waals surface area contributed by atoms with Crippen LogP contribution in [0.1, 0.15) is 13.8 Å². The number of ketones is 2. The van der Waals surface area contributed by atoms with Crippen molar-refractivity contribution < 1.29 is 14.3 Å². The Labute approximate surface area is 129 Å². The number of carbonyl (C=O) groups is 2. The second kappa shape index (κ2) is 8.36. The van der Waals surface area contributed by atoms with Gasteiger partial charge in [0.05, 0.1) is 5.69 Å². The largest absolute Gasteiger partial charge is 0.455 e. The van der Waals surface area contributed by atoms with Gasteiger partial charge in [0, 0.05) is 13.8 Å². The maximum Gasteiger partial charge on any atom is 0.181 e. The Balaban J connectivity index is 0.000000261.